The average molecular weight is 217 g/mol. The number of carbonyl (C=O) groups is 1. The Balaban J connectivity index is 2.07. The molecule has 0 spiro atoms. The highest BCUT2D eigenvalue weighted by Gasteiger charge is 2.52. The lowest BCUT2D eigenvalue weighted by atomic mass is 9.81. The Morgan fingerprint density at radius 3 is 2.73 bits per heavy atom. The number of aliphatic hydroxyl groups excluding tert-OH is 1. The minimum Gasteiger partial charge on any atom is -0.394 e. The van der Waals surface area contributed by atoms with E-state index in [-0.39, 0.29) is 18.9 Å². The molecule has 0 bridgehead atoms. The Bertz CT molecular complexity index is 255. The van der Waals surface area contributed by atoms with Crippen LogP contribution >= 0.6 is 0 Å². The minimum absolute atomic E-state index is 0.0903. The fourth-order valence-corrected chi connectivity index (χ4v) is 2.43. The largest absolute Gasteiger partial charge is 0.394 e. The van der Waals surface area contributed by atoms with Crippen LogP contribution in [0.1, 0.15) is 19.3 Å². The van der Waals surface area contributed by atoms with Crippen LogP contribution < -0.4 is 5.32 Å². The van der Waals surface area contributed by atoms with E-state index in [9.17, 15) is 9.18 Å². The first-order chi connectivity index (χ1) is 7.16. The molecule has 2 fully saturated rings. The van der Waals surface area contributed by atoms with Gasteiger partial charge >= 0.3 is 0 Å². The first-order valence-electron chi connectivity index (χ1n) is 5.35. The van der Waals surface area contributed by atoms with Crippen molar-refractivity contribution in [2.24, 2.45) is 5.92 Å². The zero-order valence-corrected chi connectivity index (χ0v) is 8.54. The number of nitrogens with one attached hydrogen (secondary N) is 1. The summed E-state index contributed by atoms with van der Waals surface area (Å²) in [6.45, 7) is 0.849. The fourth-order valence-electron chi connectivity index (χ4n) is 2.43. The third kappa shape index (κ3) is 1.86. The summed E-state index contributed by atoms with van der Waals surface area (Å²) in [5.74, 6) is -0.823. The molecule has 15 heavy (non-hydrogen) atoms. The van der Waals surface area contributed by atoms with Crippen molar-refractivity contribution >= 4 is 5.91 Å². The summed E-state index contributed by atoms with van der Waals surface area (Å²) >= 11 is 0. The molecule has 2 aliphatic heterocycles. The predicted molar refractivity (Wildman–Crippen MR) is 51.0 cm³/mol. The maximum Gasteiger partial charge on any atom is 0.258 e. The minimum atomic E-state index is -1.79. The summed E-state index contributed by atoms with van der Waals surface area (Å²) in [6.07, 6.45) is 1.26. The molecule has 2 heterocycles. The number of alkyl halides is 1. The van der Waals surface area contributed by atoms with Gasteiger partial charge in [-0.1, -0.05) is 0 Å². The van der Waals surface area contributed by atoms with Crippen LogP contribution in [0, 0.1) is 5.92 Å². The number of hydrogen-bond acceptors (Lipinski definition) is 3. The number of rotatable bonds is 2. The van der Waals surface area contributed by atoms with E-state index in [1.165, 1.54) is 0 Å². The van der Waals surface area contributed by atoms with E-state index >= 15 is 0 Å². The molecule has 0 aromatic heterocycles. The van der Waals surface area contributed by atoms with Gasteiger partial charge < -0.3 is 15.2 Å². The number of halogens is 1. The lowest BCUT2D eigenvalue weighted by Crippen LogP contribution is -2.43. The van der Waals surface area contributed by atoms with Gasteiger partial charge in [0.25, 0.3) is 5.91 Å². The average Bonchev–Trinajstić information content (AvgIpc) is 2.57. The van der Waals surface area contributed by atoms with E-state index in [4.69, 9.17) is 9.84 Å². The van der Waals surface area contributed by atoms with Gasteiger partial charge in [0.05, 0.1) is 12.6 Å². The van der Waals surface area contributed by atoms with Crippen LogP contribution in [-0.2, 0) is 9.53 Å². The zero-order valence-electron chi connectivity index (χ0n) is 8.54. The van der Waals surface area contributed by atoms with Crippen molar-refractivity contribution in [3.63, 3.8) is 0 Å². The van der Waals surface area contributed by atoms with E-state index in [1.54, 1.807) is 0 Å². The molecule has 5 heteroatoms. The number of aliphatic hydroxyl groups is 1. The zero-order chi connectivity index (χ0) is 10.9. The van der Waals surface area contributed by atoms with E-state index in [2.05, 4.69) is 5.32 Å². The van der Waals surface area contributed by atoms with E-state index in [0.717, 1.165) is 0 Å². The van der Waals surface area contributed by atoms with Gasteiger partial charge in [0.2, 0.25) is 0 Å². The molecule has 2 aliphatic rings. The highest BCUT2D eigenvalue weighted by Crippen LogP contribution is 2.38. The maximum atomic E-state index is 14.5. The third-order valence-electron chi connectivity index (χ3n) is 3.34. The topological polar surface area (TPSA) is 58.6 Å². The molecule has 0 aromatic carbocycles. The number of carbonyl (C=O) groups excluding carboxylic acids is 1. The molecule has 0 unspecified atom stereocenters. The molecule has 1 amide bonds. The van der Waals surface area contributed by atoms with E-state index < -0.39 is 17.6 Å². The summed E-state index contributed by atoms with van der Waals surface area (Å²) in [6, 6.07) is -0.426. The smallest absolute Gasteiger partial charge is 0.258 e. The molecule has 86 valence electrons. The molecule has 2 N–H and O–H groups in total. The van der Waals surface area contributed by atoms with Crippen LogP contribution in [-0.4, -0.2) is 42.5 Å². The second-order valence-electron chi connectivity index (χ2n) is 4.31. The molecule has 2 rings (SSSR count). The van der Waals surface area contributed by atoms with Crippen molar-refractivity contribution in [3.05, 3.63) is 0 Å². The van der Waals surface area contributed by atoms with Gasteiger partial charge in [-0.2, -0.15) is 0 Å². The van der Waals surface area contributed by atoms with Crippen LogP contribution in [0.5, 0.6) is 0 Å². The lowest BCUT2D eigenvalue weighted by Gasteiger charge is -2.30. The second kappa shape index (κ2) is 4.06. The molecular formula is C10H16FNO3. The molecule has 0 saturated carbocycles. The number of ether oxygens (including phenoxy) is 1. The van der Waals surface area contributed by atoms with Gasteiger partial charge in [-0.3, -0.25) is 4.79 Å². The Kier molecular flexibility index (Phi) is 2.93. The normalized spacial score (nSPS) is 38.0. The van der Waals surface area contributed by atoms with Crippen molar-refractivity contribution < 1.29 is 19.0 Å². The standard InChI is InChI=1S/C10H16FNO3/c11-10(7-1-3-15-4-2-7)5-8(6-13)12-9(10)14/h7-8,13H,1-6H2,(H,12,14)/t8-,10+/m0/s1. The first kappa shape index (κ1) is 10.8. The predicted octanol–water partition coefficient (Wildman–Crippen LogP) is 0.00210. The summed E-state index contributed by atoms with van der Waals surface area (Å²) < 4.78 is 19.6. The van der Waals surface area contributed by atoms with Crippen molar-refractivity contribution in [2.75, 3.05) is 19.8 Å². The highest BCUT2D eigenvalue weighted by atomic mass is 19.1. The molecular weight excluding hydrogens is 201 g/mol. The Hall–Kier alpha value is -0.680. The van der Waals surface area contributed by atoms with E-state index in [1.807, 2.05) is 0 Å². The van der Waals surface area contributed by atoms with Crippen LogP contribution in [0.3, 0.4) is 0 Å². The summed E-state index contributed by atoms with van der Waals surface area (Å²) in [5, 5.41) is 11.4. The third-order valence-corrected chi connectivity index (χ3v) is 3.34. The van der Waals surface area contributed by atoms with E-state index in [0.29, 0.717) is 26.1 Å². The Morgan fingerprint density at radius 2 is 2.20 bits per heavy atom. The lowest BCUT2D eigenvalue weighted by molar-refractivity contribution is -0.134. The van der Waals surface area contributed by atoms with Gasteiger partial charge in [0, 0.05) is 25.6 Å². The highest BCUT2D eigenvalue weighted by molar-refractivity contribution is 5.88. The van der Waals surface area contributed by atoms with Gasteiger partial charge in [-0.15, -0.1) is 0 Å². The van der Waals surface area contributed by atoms with Crippen molar-refractivity contribution in [2.45, 2.75) is 31.0 Å². The van der Waals surface area contributed by atoms with Crippen molar-refractivity contribution in [3.8, 4) is 0 Å². The molecule has 2 saturated heterocycles. The maximum absolute atomic E-state index is 14.5. The molecule has 2 atom stereocenters. The van der Waals surface area contributed by atoms with Gasteiger partial charge in [0.1, 0.15) is 0 Å². The van der Waals surface area contributed by atoms with Crippen molar-refractivity contribution in [1.29, 1.82) is 0 Å². The Labute approximate surface area is 87.8 Å². The molecule has 4 nitrogen and oxygen atoms in total. The van der Waals surface area contributed by atoms with Gasteiger partial charge in [-0.25, -0.2) is 4.39 Å². The Morgan fingerprint density at radius 1 is 1.53 bits per heavy atom. The SMILES string of the molecule is O=C1N[C@H](CO)C[C@@]1(F)C1CCOCC1. The quantitative estimate of drug-likeness (QED) is 0.684. The summed E-state index contributed by atoms with van der Waals surface area (Å²) in [5.41, 5.74) is -1.79. The second-order valence-corrected chi connectivity index (χ2v) is 4.31. The van der Waals surface area contributed by atoms with Crippen LogP contribution in [0.2, 0.25) is 0 Å². The molecule has 0 aliphatic carbocycles. The monoisotopic (exact) mass is 217 g/mol. The molecule has 0 aromatic rings. The summed E-state index contributed by atoms with van der Waals surface area (Å²) in [4.78, 5) is 11.5. The fraction of sp³-hybridized carbons (Fsp3) is 0.900. The van der Waals surface area contributed by atoms with Gasteiger partial charge in [-0.05, 0) is 12.8 Å². The van der Waals surface area contributed by atoms with Crippen molar-refractivity contribution in [1.82, 2.24) is 5.32 Å². The van der Waals surface area contributed by atoms with Crippen LogP contribution in [0.25, 0.3) is 0 Å². The van der Waals surface area contributed by atoms with Gasteiger partial charge in [0.15, 0.2) is 5.67 Å². The summed E-state index contributed by atoms with van der Waals surface area (Å²) in [7, 11) is 0. The number of amides is 1. The first-order valence-corrected chi connectivity index (χ1v) is 5.35. The number of hydrogen-bond donors (Lipinski definition) is 2. The van der Waals surface area contributed by atoms with Crippen LogP contribution in [0.4, 0.5) is 4.39 Å². The molecule has 0 radical (unpaired) electrons. The van der Waals surface area contributed by atoms with Crippen LogP contribution in [0.15, 0.2) is 0 Å².